The van der Waals surface area contributed by atoms with E-state index < -0.39 is 0 Å². The highest BCUT2D eigenvalue weighted by molar-refractivity contribution is 8.00. The van der Waals surface area contributed by atoms with Crippen molar-refractivity contribution >= 4 is 23.1 Å². The summed E-state index contributed by atoms with van der Waals surface area (Å²) in [5.74, 6) is 1.02. The van der Waals surface area contributed by atoms with Crippen molar-refractivity contribution in [3.05, 3.63) is 33.9 Å². The molecule has 21 heavy (non-hydrogen) atoms. The van der Waals surface area contributed by atoms with Crippen molar-refractivity contribution in [3.63, 3.8) is 0 Å². The summed E-state index contributed by atoms with van der Waals surface area (Å²) in [5.41, 5.74) is 1.76. The monoisotopic (exact) mass is 308 g/mol. The van der Waals surface area contributed by atoms with Crippen LogP contribution in [0, 0.1) is 17.0 Å². The van der Waals surface area contributed by atoms with Crippen LogP contribution in [-0.4, -0.2) is 41.7 Å². The lowest BCUT2D eigenvalue weighted by Gasteiger charge is -2.45. The van der Waals surface area contributed by atoms with E-state index in [0.717, 1.165) is 56.1 Å². The van der Waals surface area contributed by atoms with Crippen LogP contribution >= 0.6 is 11.8 Å². The Balaban J connectivity index is 1.90. The van der Waals surface area contributed by atoms with E-state index in [-0.39, 0.29) is 15.4 Å². The van der Waals surface area contributed by atoms with Crippen molar-refractivity contribution in [3.8, 4) is 0 Å². The van der Waals surface area contributed by atoms with Gasteiger partial charge in [0.1, 0.15) is 5.69 Å². The number of hydrogen-bond donors (Lipinski definition) is 0. The minimum atomic E-state index is -0.247. The molecule has 0 N–H and O–H groups in total. The minimum Gasteiger partial charge on any atom is -0.381 e. The van der Waals surface area contributed by atoms with Crippen molar-refractivity contribution in [2.75, 3.05) is 37.0 Å². The van der Waals surface area contributed by atoms with Gasteiger partial charge in [-0.3, -0.25) is 10.1 Å². The van der Waals surface area contributed by atoms with E-state index in [1.807, 2.05) is 36.9 Å². The van der Waals surface area contributed by atoms with Gasteiger partial charge in [0, 0.05) is 42.4 Å². The molecule has 0 unspecified atom stereocenters. The van der Waals surface area contributed by atoms with E-state index in [4.69, 9.17) is 4.74 Å². The lowest BCUT2D eigenvalue weighted by Crippen LogP contribution is -2.49. The first-order chi connectivity index (χ1) is 10.1. The normalized spacial score (nSPS) is 21.5. The summed E-state index contributed by atoms with van der Waals surface area (Å²) in [6.07, 6.45) is 2.07. The fraction of sp³-hybridized carbons (Fsp3) is 0.600. The molecule has 114 valence electrons. The van der Waals surface area contributed by atoms with E-state index in [0.29, 0.717) is 0 Å². The van der Waals surface area contributed by atoms with Crippen LogP contribution in [0.3, 0.4) is 0 Å². The maximum Gasteiger partial charge on any atom is 0.295 e. The summed E-state index contributed by atoms with van der Waals surface area (Å²) in [6.45, 7) is 5.17. The predicted octanol–water partition coefficient (Wildman–Crippen LogP) is 3.01. The van der Waals surface area contributed by atoms with Crippen LogP contribution < -0.4 is 4.90 Å². The molecule has 3 rings (SSSR count). The van der Waals surface area contributed by atoms with Gasteiger partial charge in [0.2, 0.25) is 0 Å². The highest BCUT2D eigenvalue weighted by atomic mass is 32.2. The number of nitrogens with zero attached hydrogens (tertiary/aromatic N) is 2. The highest BCUT2D eigenvalue weighted by Crippen LogP contribution is 2.42. The summed E-state index contributed by atoms with van der Waals surface area (Å²) in [5, 5.41) is 11.4. The van der Waals surface area contributed by atoms with Crippen LogP contribution in [0.5, 0.6) is 0 Å². The molecule has 2 fully saturated rings. The maximum atomic E-state index is 11.4. The van der Waals surface area contributed by atoms with Crippen molar-refractivity contribution in [1.82, 2.24) is 0 Å². The SMILES string of the molecule is Cc1cccc(N2CCSC3(CCOCC3)C2)c1[N+](=O)[O-]. The molecule has 2 aliphatic rings. The van der Waals surface area contributed by atoms with Crippen molar-refractivity contribution in [2.45, 2.75) is 24.5 Å². The predicted molar refractivity (Wildman–Crippen MR) is 85.3 cm³/mol. The maximum absolute atomic E-state index is 11.4. The Morgan fingerprint density at radius 1 is 1.38 bits per heavy atom. The number of para-hydroxylation sites is 1. The van der Waals surface area contributed by atoms with E-state index in [1.165, 1.54) is 0 Å². The molecule has 1 aromatic rings. The van der Waals surface area contributed by atoms with Crippen LogP contribution in [0.2, 0.25) is 0 Å². The van der Waals surface area contributed by atoms with Crippen LogP contribution in [0.4, 0.5) is 11.4 Å². The molecule has 0 aromatic heterocycles. The zero-order valence-electron chi connectivity index (χ0n) is 12.2. The Labute approximate surface area is 128 Å². The number of aryl methyl sites for hydroxylation is 1. The number of nitro benzene ring substituents is 1. The molecule has 0 atom stereocenters. The second kappa shape index (κ2) is 5.85. The second-order valence-corrected chi connectivity index (χ2v) is 7.33. The molecule has 2 heterocycles. The summed E-state index contributed by atoms with van der Waals surface area (Å²) >= 11 is 2.01. The lowest BCUT2D eigenvalue weighted by atomic mass is 9.97. The third kappa shape index (κ3) is 2.87. The first-order valence-electron chi connectivity index (χ1n) is 7.32. The average molecular weight is 308 g/mol. The topological polar surface area (TPSA) is 55.6 Å². The van der Waals surface area contributed by atoms with Gasteiger partial charge in [0.15, 0.2) is 0 Å². The summed E-state index contributed by atoms with van der Waals surface area (Å²) in [6, 6.07) is 5.61. The molecule has 1 aromatic carbocycles. The Hall–Kier alpha value is -1.27. The zero-order valence-corrected chi connectivity index (χ0v) is 13.0. The fourth-order valence-electron chi connectivity index (χ4n) is 3.23. The summed E-state index contributed by atoms with van der Waals surface area (Å²) in [7, 11) is 0. The molecule has 2 aliphatic heterocycles. The van der Waals surface area contributed by atoms with Crippen LogP contribution in [0.25, 0.3) is 0 Å². The number of rotatable bonds is 2. The van der Waals surface area contributed by atoms with Gasteiger partial charge in [-0.05, 0) is 25.8 Å². The Kier molecular flexibility index (Phi) is 4.08. The van der Waals surface area contributed by atoms with Gasteiger partial charge in [-0.15, -0.1) is 0 Å². The first-order valence-corrected chi connectivity index (χ1v) is 8.31. The molecular weight excluding hydrogens is 288 g/mol. The van der Waals surface area contributed by atoms with Gasteiger partial charge in [-0.25, -0.2) is 0 Å². The third-order valence-electron chi connectivity index (χ3n) is 4.39. The Bertz CT molecular complexity index is 538. The molecule has 0 amide bonds. The molecule has 6 heteroatoms. The molecule has 0 radical (unpaired) electrons. The lowest BCUT2D eigenvalue weighted by molar-refractivity contribution is -0.384. The zero-order chi connectivity index (χ0) is 14.9. The number of nitro groups is 1. The number of anilines is 1. The van der Waals surface area contributed by atoms with E-state index in [2.05, 4.69) is 4.90 Å². The van der Waals surface area contributed by atoms with Crippen molar-refractivity contribution in [1.29, 1.82) is 0 Å². The smallest absolute Gasteiger partial charge is 0.295 e. The van der Waals surface area contributed by atoms with Gasteiger partial charge < -0.3 is 9.64 Å². The van der Waals surface area contributed by atoms with Gasteiger partial charge in [-0.1, -0.05) is 12.1 Å². The number of benzene rings is 1. The largest absolute Gasteiger partial charge is 0.381 e. The molecule has 0 aliphatic carbocycles. The standard InChI is InChI=1S/C15H20N2O3S/c1-12-3-2-4-13(14(12)17(18)19)16-7-10-21-15(11-16)5-8-20-9-6-15/h2-4H,5-11H2,1H3. The Morgan fingerprint density at radius 3 is 2.86 bits per heavy atom. The average Bonchev–Trinajstić information content (AvgIpc) is 2.47. The summed E-state index contributed by atoms with van der Waals surface area (Å²) in [4.78, 5) is 13.4. The van der Waals surface area contributed by atoms with Crippen molar-refractivity contribution < 1.29 is 9.66 Å². The van der Waals surface area contributed by atoms with E-state index in [9.17, 15) is 10.1 Å². The van der Waals surface area contributed by atoms with Crippen LogP contribution in [-0.2, 0) is 4.74 Å². The second-order valence-electron chi connectivity index (χ2n) is 5.77. The molecule has 1 spiro atoms. The quantitative estimate of drug-likeness (QED) is 0.621. The van der Waals surface area contributed by atoms with E-state index >= 15 is 0 Å². The summed E-state index contributed by atoms with van der Waals surface area (Å²) < 4.78 is 5.68. The fourth-order valence-corrected chi connectivity index (χ4v) is 4.68. The van der Waals surface area contributed by atoms with Crippen LogP contribution in [0.1, 0.15) is 18.4 Å². The minimum absolute atomic E-state index is 0.202. The number of hydrogen-bond acceptors (Lipinski definition) is 5. The molecule has 2 saturated heterocycles. The molecule has 0 saturated carbocycles. The third-order valence-corrected chi connectivity index (χ3v) is 5.93. The molecular formula is C15H20N2O3S. The molecule has 5 nitrogen and oxygen atoms in total. The number of ether oxygens (including phenoxy) is 1. The number of thioether (sulfide) groups is 1. The van der Waals surface area contributed by atoms with Crippen molar-refractivity contribution in [2.24, 2.45) is 0 Å². The van der Waals surface area contributed by atoms with Gasteiger partial charge in [0.25, 0.3) is 5.69 Å². The van der Waals surface area contributed by atoms with E-state index in [1.54, 1.807) is 0 Å². The van der Waals surface area contributed by atoms with Gasteiger partial charge in [-0.2, -0.15) is 11.8 Å². The van der Waals surface area contributed by atoms with Crippen LogP contribution in [0.15, 0.2) is 18.2 Å². The molecule has 0 bridgehead atoms. The van der Waals surface area contributed by atoms with Gasteiger partial charge >= 0.3 is 0 Å². The first kappa shape index (κ1) is 14.7. The highest BCUT2D eigenvalue weighted by Gasteiger charge is 2.39. The van der Waals surface area contributed by atoms with Gasteiger partial charge in [0.05, 0.1) is 4.92 Å². The Morgan fingerprint density at radius 2 is 2.14 bits per heavy atom.